The normalized spacial score (nSPS) is 15.1. The molecule has 0 unspecified atom stereocenters. The molecular formula is C27H29N3O4. The Kier molecular flexibility index (Phi) is 7.32. The van der Waals surface area contributed by atoms with Crippen LogP contribution in [0.1, 0.15) is 30.0 Å². The van der Waals surface area contributed by atoms with Crippen LogP contribution in [0, 0.1) is 0 Å². The van der Waals surface area contributed by atoms with Crippen LogP contribution < -0.4 is 20.1 Å². The molecule has 4 rings (SSSR count). The Bertz CT molecular complexity index is 1130. The number of carbonyl (C=O) groups is 2. The van der Waals surface area contributed by atoms with Crippen LogP contribution in [0.4, 0.5) is 10.5 Å². The summed E-state index contributed by atoms with van der Waals surface area (Å²) >= 11 is 0. The minimum absolute atomic E-state index is 0.0513. The summed E-state index contributed by atoms with van der Waals surface area (Å²) in [5, 5.41) is 5.73. The third-order valence-electron chi connectivity index (χ3n) is 5.74. The molecule has 1 atom stereocenters. The van der Waals surface area contributed by atoms with Crippen molar-refractivity contribution in [1.82, 2.24) is 10.2 Å². The van der Waals surface area contributed by atoms with E-state index in [9.17, 15) is 9.59 Å². The van der Waals surface area contributed by atoms with Crippen molar-refractivity contribution in [2.24, 2.45) is 0 Å². The van der Waals surface area contributed by atoms with Crippen molar-refractivity contribution in [3.63, 3.8) is 0 Å². The Morgan fingerprint density at radius 1 is 1.06 bits per heavy atom. The molecule has 0 bridgehead atoms. The van der Waals surface area contributed by atoms with Crippen molar-refractivity contribution < 1.29 is 19.1 Å². The summed E-state index contributed by atoms with van der Waals surface area (Å²) in [6, 6.07) is 22.6. The molecule has 0 radical (unpaired) electrons. The summed E-state index contributed by atoms with van der Waals surface area (Å²) in [6.45, 7) is 3.21. The van der Waals surface area contributed by atoms with Gasteiger partial charge in [0.2, 0.25) is 0 Å². The Hall–Kier alpha value is -4.00. The number of ether oxygens (including phenoxy) is 2. The zero-order valence-electron chi connectivity index (χ0n) is 19.4. The van der Waals surface area contributed by atoms with Crippen LogP contribution >= 0.6 is 0 Å². The second-order valence-electron chi connectivity index (χ2n) is 8.17. The van der Waals surface area contributed by atoms with E-state index in [0.29, 0.717) is 37.5 Å². The lowest BCUT2D eigenvalue weighted by Gasteiger charge is -2.23. The van der Waals surface area contributed by atoms with Gasteiger partial charge in [-0.3, -0.25) is 4.79 Å². The molecule has 7 heteroatoms. The van der Waals surface area contributed by atoms with E-state index in [-0.39, 0.29) is 11.9 Å². The van der Waals surface area contributed by atoms with Crippen molar-refractivity contribution >= 4 is 17.6 Å². The van der Waals surface area contributed by atoms with Crippen LogP contribution in [-0.4, -0.2) is 30.1 Å². The maximum Gasteiger partial charge on any atom is 0.319 e. The number of rotatable bonds is 7. The summed E-state index contributed by atoms with van der Waals surface area (Å²) in [6.07, 6.45) is 0.0201. The molecule has 1 heterocycles. The van der Waals surface area contributed by atoms with Gasteiger partial charge in [-0.05, 0) is 47.9 Å². The predicted octanol–water partition coefficient (Wildman–Crippen LogP) is 4.72. The molecule has 176 valence electrons. The first kappa shape index (κ1) is 23.2. The van der Waals surface area contributed by atoms with Crippen LogP contribution in [-0.2, 0) is 24.4 Å². The van der Waals surface area contributed by atoms with E-state index in [1.807, 2.05) is 73.7 Å². The van der Waals surface area contributed by atoms with Gasteiger partial charge in [0.15, 0.2) is 6.10 Å². The second-order valence-corrected chi connectivity index (χ2v) is 8.17. The largest absolute Gasteiger partial charge is 0.497 e. The molecule has 34 heavy (non-hydrogen) atoms. The van der Waals surface area contributed by atoms with E-state index in [1.165, 1.54) is 0 Å². The summed E-state index contributed by atoms with van der Waals surface area (Å²) < 4.78 is 11.3. The van der Waals surface area contributed by atoms with Gasteiger partial charge >= 0.3 is 6.03 Å². The molecule has 1 aliphatic rings. The van der Waals surface area contributed by atoms with Crippen LogP contribution in [0.5, 0.6) is 11.5 Å². The first-order valence-corrected chi connectivity index (χ1v) is 11.4. The number of amides is 3. The number of anilines is 1. The average molecular weight is 460 g/mol. The lowest BCUT2D eigenvalue weighted by Crippen LogP contribution is -2.38. The molecule has 0 saturated heterocycles. The lowest BCUT2D eigenvalue weighted by molar-refractivity contribution is -0.139. The number of nitrogens with one attached hydrogen (secondary N) is 2. The Labute approximate surface area is 199 Å². The Balaban J connectivity index is 1.48. The molecular weight excluding hydrogens is 430 g/mol. The number of fused-ring (bicyclic) bond motifs is 1. The first-order chi connectivity index (χ1) is 16.6. The number of benzene rings is 3. The van der Waals surface area contributed by atoms with E-state index in [2.05, 4.69) is 10.6 Å². The smallest absolute Gasteiger partial charge is 0.319 e. The van der Waals surface area contributed by atoms with Gasteiger partial charge in [0.1, 0.15) is 11.5 Å². The number of urea groups is 1. The fraction of sp³-hybridized carbons (Fsp3) is 0.259. The molecule has 0 aliphatic carbocycles. The fourth-order valence-corrected chi connectivity index (χ4v) is 3.88. The summed E-state index contributed by atoms with van der Waals surface area (Å²) in [5.41, 5.74) is 3.51. The number of nitrogens with zero attached hydrogens (tertiary/aromatic N) is 1. The van der Waals surface area contributed by atoms with Gasteiger partial charge in [0.25, 0.3) is 5.91 Å². The van der Waals surface area contributed by atoms with Crippen LogP contribution in [0.2, 0.25) is 0 Å². The van der Waals surface area contributed by atoms with Crippen molar-refractivity contribution in [3.05, 3.63) is 89.5 Å². The van der Waals surface area contributed by atoms with Crippen LogP contribution in [0.25, 0.3) is 0 Å². The number of carbonyl (C=O) groups excluding carboxylic acids is 2. The van der Waals surface area contributed by atoms with E-state index in [4.69, 9.17) is 9.47 Å². The number of hydrogen-bond acceptors (Lipinski definition) is 4. The van der Waals surface area contributed by atoms with Gasteiger partial charge < -0.3 is 25.0 Å². The van der Waals surface area contributed by atoms with Gasteiger partial charge in [-0.25, -0.2) is 4.79 Å². The van der Waals surface area contributed by atoms with E-state index in [0.717, 1.165) is 22.4 Å². The molecule has 3 amide bonds. The monoisotopic (exact) mass is 459 g/mol. The van der Waals surface area contributed by atoms with Gasteiger partial charge in [-0.1, -0.05) is 49.4 Å². The Morgan fingerprint density at radius 3 is 2.53 bits per heavy atom. The quantitative estimate of drug-likeness (QED) is 0.536. The minimum atomic E-state index is -0.549. The summed E-state index contributed by atoms with van der Waals surface area (Å²) in [5.74, 6) is 1.38. The molecule has 7 nitrogen and oxygen atoms in total. The third-order valence-corrected chi connectivity index (χ3v) is 5.74. The highest BCUT2D eigenvalue weighted by Gasteiger charge is 2.30. The highest BCUT2D eigenvalue weighted by Crippen LogP contribution is 2.30. The average Bonchev–Trinajstić information content (AvgIpc) is 2.99. The highest BCUT2D eigenvalue weighted by atomic mass is 16.5. The standard InChI is InChI=1S/C27H29N3O4/c1-3-24-26(31)30(17-20-9-12-23(33-2)13-10-20)18-21-15-22(11-14-25(21)34-24)29-27(32)28-16-19-7-5-4-6-8-19/h4-15,24H,3,16-18H2,1-2H3,(H2,28,29,32)/t24-/m1/s1. The fourth-order valence-electron chi connectivity index (χ4n) is 3.88. The van der Waals surface area contributed by atoms with E-state index < -0.39 is 6.10 Å². The van der Waals surface area contributed by atoms with Crippen molar-refractivity contribution in [2.45, 2.75) is 39.1 Å². The molecule has 0 fully saturated rings. The molecule has 0 spiro atoms. The number of hydrogen-bond donors (Lipinski definition) is 2. The lowest BCUT2D eigenvalue weighted by atomic mass is 10.1. The van der Waals surface area contributed by atoms with Gasteiger partial charge in [-0.15, -0.1) is 0 Å². The summed E-state index contributed by atoms with van der Waals surface area (Å²) in [7, 11) is 1.63. The van der Waals surface area contributed by atoms with Crippen molar-refractivity contribution in [3.8, 4) is 11.5 Å². The maximum atomic E-state index is 13.2. The zero-order valence-corrected chi connectivity index (χ0v) is 19.4. The highest BCUT2D eigenvalue weighted by molar-refractivity contribution is 5.89. The molecule has 3 aromatic rings. The van der Waals surface area contributed by atoms with Crippen LogP contribution in [0.3, 0.4) is 0 Å². The molecule has 2 N–H and O–H groups in total. The third kappa shape index (κ3) is 5.67. The van der Waals surface area contributed by atoms with E-state index in [1.54, 1.807) is 18.1 Å². The Morgan fingerprint density at radius 2 is 1.82 bits per heavy atom. The van der Waals surface area contributed by atoms with E-state index >= 15 is 0 Å². The molecule has 3 aromatic carbocycles. The molecule has 0 aromatic heterocycles. The number of methoxy groups -OCH3 is 1. The van der Waals surface area contributed by atoms with Gasteiger partial charge in [0.05, 0.1) is 7.11 Å². The molecule has 1 aliphatic heterocycles. The van der Waals surface area contributed by atoms with Crippen molar-refractivity contribution in [1.29, 1.82) is 0 Å². The summed E-state index contributed by atoms with van der Waals surface area (Å²) in [4.78, 5) is 27.3. The van der Waals surface area contributed by atoms with Crippen molar-refractivity contribution in [2.75, 3.05) is 12.4 Å². The first-order valence-electron chi connectivity index (χ1n) is 11.4. The van der Waals surface area contributed by atoms with Crippen LogP contribution in [0.15, 0.2) is 72.8 Å². The minimum Gasteiger partial charge on any atom is -0.497 e. The predicted molar refractivity (Wildman–Crippen MR) is 131 cm³/mol. The SMILES string of the molecule is CC[C@H]1Oc2ccc(NC(=O)NCc3ccccc3)cc2CN(Cc2ccc(OC)cc2)C1=O. The molecule has 0 saturated carbocycles. The zero-order chi connectivity index (χ0) is 23.9. The van der Waals surface area contributed by atoms with Gasteiger partial charge in [0, 0.05) is 30.9 Å². The van der Waals surface area contributed by atoms with Gasteiger partial charge in [-0.2, -0.15) is 0 Å². The second kappa shape index (κ2) is 10.7. The maximum absolute atomic E-state index is 13.2. The topological polar surface area (TPSA) is 79.9 Å².